The number of aryl methyl sites for hydroxylation is 1. The van der Waals surface area contributed by atoms with Crippen LogP contribution in [-0.2, 0) is 19.9 Å². The zero-order chi connectivity index (χ0) is 24.6. The first-order valence-corrected chi connectivity index (χ1v) is 11.3. The van der Waals surface area contributed by atoms with Gasteiger partial charge in [-0.15, -0.1) is 0 Å². The smallest absolute Gasteiger partial charge is 0.356 e. The van der Waals surface area contributed by atoms with Crippen molar-refractivity contribution in [1.82, 2.24) is 15.2 Å². The highest BCUT2D eigenvalue weighted by Crippen LogP contribution is 2.50. The monoisotopic (exact) mass is 475 g/mol. The van der Waals surface area contributed by atoms with Crippen LogP contribution in [0.3, 0.4) is 0 Å². The molecule has 1 aromatic carbocycles. The van der Waals surface area contributed by atoms with Crippen LogP contribution in [0.2, 0.25) is 0 Å². The van der Waals surface area contributed by atoms with Gasteiger partial charge >= 0.3 is 6.18 Å². The summed E-state index contributed by atoms with van der Waals surface area (Å²) in [4.78, 5) is 31.3. The summed E-state index contributed by atoms with van der Waals surface area (Å²) in [6, 6.07) is 8.92. The van der Waals surface area contributed by atoms with Crippen LogP contribution in [0.5, 0.6) is 0 Å². The Morgan fingerprint density at radius 1 is 1.18 bits per heavy atom. The molecule has 1 spiro atoms. The van der Waals surface area contributed by atoms with Gasteiger partial charge < -0.3 is 15.0 Å². The van der Waals surface area contributed by atoms with E-state index in [4.69, 9.17) is 4.74 Å². The molecular formula is C25H28F3N3O3. The van der Waals surface area contributed by atoms with Gasteiger partial charge in [0.05, 0.1) is 0 Å². The maximum absolute atomic E-state index is 14.4. The molecule has 2 amide bonds. The second kappa shape index (κ2) is 9.02. The maximum atomic E-state index is 14.4. The predicted octanol–water partition coefficient (Wildman–Crippen LogP) is 3.71. The lowest BCUT2D eigenvalue weighted by atomic mass is 9.62. The number of benzene rings is 1. The molecule has 0 radical (unpaired) electrons. The van der Waals surface area contributed by atoms with E-state index in [1.165, 1.54) is 29.2 Å². The van der Waals surface area contributed by atoms with E-state index in [1.54, 1.807) is 18.5 Å². The molecule has 2 atom stereocenters. The lowest BCUT2D eigenvalue weighted by molar-refractivity contribution is -0.271. The number of piperidine rings is 2. The number of ether oxygens (including phenoxy) is 1. The number of carbonyl (C=O) groups excluding carboxylic acids is 2. The van der Waals surface area contributed by atoms with Crippen LogP contribution in [0.1, 0.15) is 41.9 Å². The molecule has 0 aliphatic carbocycles. The number of pyridine rings is 1. The van der Waals surface area contributed by atoms with E-state index in [0.717, 1.165) is 18.2 Å². The van der Waals surface area contributed by atoms with E-state index in [1.807, 2.05) is 13.0 Å². The molecule has 1 unspecified atom stereocenters. The summed E-state index contributed by atoms with van der Waals surface area (Å²) < 4.78 is 48.1. The van der Waals surface area contributed by atoms with Gasteiger partial charge in [-0.25, -0.2) is 0 Å². The third-order valence-corrected chi connectivity index (χ3v) is 7.44. The number of nitrogens with zero attached hydrogens (tertiary/aromatic N) is 2. The lowest BCUT2D eigenvalue weighted by Crippen LogP contribution is -2.60. The van der Waals surface area contributed by atoms with Crippen LogP contribution in [0.25, 0.3) is 0 Å². The Morgan fingerprint density at radius 3 is 2.44 bits per heavy atom. The third-order valence-electron chi connectivity index (χ3n) is 7.44. The quantitative estimate of drug-likeness (QED) is 0.732. The molecule has 2 aromatic rings. The number of rotatable bonds is 4. The second-order valence-corrected chi connectivity index (χ2v) is 9.17. The molecule has 2 fully saturated rings. The van der Waals surface area contributed by atoms with E-state index in [0.29, 0.717) is 19.4 Å². The number of nitrogens with one attached hydrogen (secondary N) is 1. The number of likely N-dealkylation sites (tertiary alicyclic amines) is 1. The minimum absolute atomic E-state index is 0.0277. The SMILES string of the molecule is CO[C@@](C(=O)N1CCC2(CC1)CC(=O)NCC2c1cnccc1C)(c1ccccc1)C(F)(F)F. The molecule has 2 saturated heterocycles. The van der Waals surface area contributed by atoms with Gasteiger partial charge in [-0.05, 0) is 42.4 Å². The van der Waals surface area contributed by atoms with E-state index >= 15 is 0 Å². The highest BCUT2D eigenvalue weighted by atomic mass is 19.4. The highest BCUT2D eigenvalue weighted by molar-refractivity contribution is 5.88. The number of aromatic nitrogens is 1. The van der Waals surface area contributed by atoms with Gasteiger partial charge in [-0.3, -0.25) is 14.6 Å². The van der Waals surface area contributed by atoms with Crippen LogP contribution < -0.4 is 5.32 Å². The van der Waals surface area contributed by atoms with Crippen LogP contribution in [0, 0.1) is 12.3 Å². The molecule has 9 heteroatoms. The van der Waals surface area contributed by atoms with Crippen LogP contribution in [0.4, 0.5) is 13.2 Å². The lowest BCUT2D eigenvalue weighted by Gasteiger charge is -2.50. The van der Waals surface area contributed by atoms with Crippen molar-refractivity contribution in [2.45, 2.75) is 43.9 Å². The number of alkyl halides is 3. The number of methoxy groups -OCH3 is 1. The second-order valence-electron chi connectivity index (χ2n) is 9.17. The Labute approximate surface area is 196 Å². The minimum atomic E-state index is -4.95. The van der Waals surface area contributed by atoms with Gasteiger partial charge in [0, 0.05) is 57.0 Å². The molecule has 6 nitrogen and oxygen atoms in total. The van der Waals surface area contributed by atoms with Crippen molar-refractivity contribution >= 4 is 11.8 Å². The molecule has 1 aromatic heterocycles. The molecule has 0 saturated carbocycles. The Balaban J connectivity index is 1.63. The highest BCUT2D eigenvalue weighted by Gasteiger charge is 2.64. The fourth-order valence-corrected chi connectivity index (χ4v) is 5.52. The Hall–Kier alpha value is -2.94. The molecule has 2 aliphatic rings. The summed E-state index contributed by atoms with van der Waals surface area (Å²) in [5.74, 6) is -1.23. The van der Waals surface area contributed by atoms with E-state index in [-0.39, 0.29) is 36.9 Å². The molecule has 4 rings (SSSR count). The summed E-state index contributed by atoms with van der Waals surface area (Å²) >= 11 is 0. The summed E-state index contributed by atoms with van der Waals surface area (Å²) in [6.45, 7) is 2.63. The Bertz CT molecular complexity index is 1050. The van der Waals surface area contributed by atoms with Gasteiger partial charge in [-0.1, -0.05) is 30.3 Å². The zero-order valence-corrected chi connectivity index (χ0v) is 19.2. The van der Waals surface area contributed by atoms with Gasteiger partial charge in [-0.2, -0.15) is 13.2 Å². The fraction of sp³-hybridized carbons (Fsp3) is 0.480. The number of hydrogen-bond acceptors (Lipinski definition) is 4. The van der Waals surface area contributed by atoms with Crippen molar-refractivity contribution in [3.8, 4) is 0 Å². The number of amides is 2. The molecule has 182 valence electrons. The average Bonchev–Trinajstić information content (AvgIpc) is 2.81. The number of halogens is 3. The molecular weight excluding hydrogens is 447 g/mol. The Kier molecular flexibility index (Phi) is 6.42. The van der Waals surface area contributed by atoms with Crippen molar-refractivity contribution in [3.63, 3.8) is 0 Å². The van der Waals surface area contributed by atoms with Gasteiger partial charge in [0.25, 0.3) is 11.5 Å². The normalized spacial score (nSPS) is 22.2. The van der Waals surface area contributed by atoms with Gasteiger partial charge in [0.15, 0.2) is 0 Å². The van der Waals surface area contributed by atoms with E-state index < -0.39 is 23.1 Å². The molecule has 2 aliphatic heterocycles. The van der Waals surface area contributed by atoms with Crippen LogP contribution in [0.15, 0.2) is 48.8 Å². The van der Waals surface area contributed by atoms with Gasteiger partial charge in [0.1, 0.15) is 0 Å². The zero-order valence-electron chi connectivity index (χ0n) is 19.2. The van der Waals surface area contributed by atoms with Crippen LogP contribution in [-0.4, -0.2) is 54.6 Å². The maximum Gasteiger partial charge on any atom is 0.430 e. The van der Waals surface area contributed by atoms with Crippen molar-refractivity contribution in [2.75, 3.05) is 26.7 Å². The summed E-state index contributed by atoms with van der Waals surface area (Å²) in [5.41, 5.74) is -1.71. The average molecular weight is 476 g/mol. The summed E-state index contributed by atoms with van der Waals surface area (Å²) in [5, 5.41) is 2.92. The summed E-state index contributed by atoms with van der Waals surface area (Å²) in [6.07, 6.45) is -0.350. The minimum Gasteiger partial charge on any atom is -0.356 e. The van der Waals surface area contributed by atoms with Crippen molar-refractivity contribution in [2.24, 2.45) is 5.41 Å². The van der Waals surface area contributed by atoms with Crippen LogP contribution >= 0.6 is 0 Å². The summed E-state index contributed by atoms with van der Waals surface area (Å²) in [7, 11) is 0.913. The molecule has 1 N–H and O–H groups in total. The standard InChI is InChI=1S/C25H28F3N3O3/c1-17-8-11-29-15-19(17)20-16-30-21(32)14-23(20)9-12-31(13-10-23)22(33)24(34-2,25(26,27)28)18-6-4-3-5-7-18/h3-8,11,15,20H,9-10,12-14,16H2,1-2H3,(H,30,32)/t20?,24-/m1/s1. The fourth-order valence-electron chi connectivity index (χ4n) is 5.52. The number of hydrogen-bond donors (Lipinski definition) is 1. The molecule has 34 heavy (non-hydrogen) atoms. The first kappa shape index (κ1) is 24.2. The first-order valence-electron chi connectivity index (χ1n) is 11.3. The third kappa shape index (κ3) is 3.96. The number of carbonyl (C=O) groups is 2. The largest absolute Gasteiger partial charge is 0.430 e. The van der Waals surface area contributed by atoms with Crippen molar-refractivity contribution < 1.29 is 27.5 Å². The molecule has 3 heterocycles. The van der Waals surface area contributed by atoms with E-state index in [9.17, 15) is 22.8 Å². The van der Waals surface area contributed by atoms with Crippen molar-refractivity contribution in [3.05, 3.63) is 65.5 Å². The van der Waals surface area contributed by atoms with Gasteiger partial charge in [0.2, 0.25) is 5.91 Å². The van der Waals surface area contributed by atoms with E-state index in [2.05, 4.69) is 10.3 Å². The topological polar surface area (TPSA) is 71.5 Å². The Morgan fingerprint density at radius 2 is 1.85 bits per heavy atom. The predicted molar refractivity (Wildman–Crippen MR) is 119 cm³/mol. The van der Waals surface area contributed by atoms with Crippen molar-refractivity contribution in [1.29, 1.82) is 0 Å². The molecule has 0 bridgehead atoms. The first-order chi connectivity index (χ1) is 16.1.